The largest absolute Gasteiger partial charge is 0.525 e. The molecule has 0 aliphatic carbocycles. The van der Waals surface area contributed by atoms with Crippen LogP contribution in [0.25, 0.3) is 17.3 Å². The molecular weight excluding hydrogens is 308 g/mol. The molecule has 2 aromatic rings. The van der Waals surface area contributed by atoms with Gasteiger partial charge in [0.1, 0.15) is 5.73 Å². The van der Waals surface area contributed by atoms with Crippen molar-refractivity contribution < 1.29 is 13.7 Å². The van der Waals surface area contributed by atoms with Crippen molar-refractivity contribution in [2.24, 2.45) is 7.05 Å². The molecule has 2 aromatic heterocycles. The molecular formula is C17H21BFN3O2. The molecule has 126 valence electrons. The van der Waals surface area contributed by atoms with Gasteiger partial charge in [-0.2, -0.15) is 5.10 Å². The summed E-state index contributed by atoms with van der Waals surface area (Å²) in [4.78, 5) is 4.46. The van der Waals surface area contributed by atoms with Crippen molar-refractivity contribution in [2.75, 3.05) is 0 Å². The van der Waals surface area contributed by atoms with Crippen molar-refractivity contribution >= 4 is 13.2 Å². The predicted molar refractivity (Wildman–Crippen MR) is 91.6 cm³/mol. The normalized spacial score (nSPS) is 19.8. The van der Waals surface area contributed by atoms with E-state index in [1.165, 1.54) is 6.08 Å². The summed E-state index contributed by atoms with van der Waals surface area (Å²) in [6.45, 7) is 7.56. The Labute approximate surface area is 141 Å². The highest BCUT2D eigenvalue weighted by molar-refractivity contribution is 6.54. The molecule has 0 spiro atoms. The number of halogens is 1. The van der Waals surface area contributed by atoms with Crippen LogP contribution < -0.4 is 0 Å². The number of hydrogen-bond acceptors (Lipinski definition) is 4. The van der Waals surface area contributed by atoms with Crippen LogP contribution in [0.15, 0.2) is 36.3 Å². The molecule has 0 aromatic carbocycles. The first-order chi connectivity index (χ1) is 11.2. The highest BCUT2D eigenvalue weighted by Gasteiger charge is 2.53. The van der Waals surface area contributed by atoms with Gasteiger partial charge in [-0.15, -0.1) is 0 Å². The second kappa shape index (κ2) is 5.83. The fourth-order valence-electron chi connectivity index (χ4n) is 2.41. The predicted octanol–water partition coefficient (Wildman–Crippen LogP) is 3.42. The van der Waals surface area contributed by atoms with E-state index in [4.69, 9.17) is 9.31 Å². The van der Waals surface area contributed by atoms with Gasteiger partial charge in [-0.1, -0.05) is 6.07 Å². The van der Waals surface area contributed by atoms with Crippen LogP contribution in [0.4, 0.5) is 4.39 Å². The Morgan fingerprint density at radius 1 is 1.21 bits per heavy atom. The van der Waals surface area contributed by atoms with Crippen LogP contribution in [0.5, 0.6) is 0 Å². The number of rotatable bonds is 3. The molecule has 1 saturated heterocycles. The second-order valence-corrected chi connectivity index (χ2v) is 6.97. The van der Waals surface area contributed by atoms with Gasteiger partial charge < -0.3 is 9.31 Å². The van der Waals surface area contributed by atoms with Crippen LogP contribution in [-0.2, 0) is 16.4 Å². The summed E-state index contributed by atoms with van der Waals surface area (Å²) in [5.74, 6) is 0. The SMILES string of the molecule is Cn1cc(-c2cccc(C=C(F)B3OC(C)(C)C(C)(C)O3)n2)cn1. The highest BCUT2D eigenvalue weighted by Crippen LogP contribution is 2.39. The lowest BCUT2D eigenvalue weighted by atomic mass is 9.87. The van der Waals surface area contributed by atoms with Crippen molar-refractivity contribution in [1.82, 2.24) is 14.8 Å². The van der Waals surface area contributed by atoms with Crippen LogP contribution in [0, 0.1) is 0 Å². The number of aryl methyl sites for hydroxylation is 1. The zero-order chi connectivity index (χ0) is 17.5. The summed E-state index contributed by atoms with van der Waals surface area (Å²) >= 11 is 0. The molecule has 0 atom stereocenters. The Hall–Kier alpha value is -1.99. The van der Waals surface area contributed by atoms with E-state index in [0.717, 1.165) is 11.3 Å². The maximum Gasteiger partial charge on any atom is 0.525 e. The van der Waals surface area contributed by atoms with Gasteiger partial charge >= 0.3 is 7.12 Å². The number of hydrogen-bond donors (Lipinski definition) is 0. The van der Waals surface area contributed by atoms with Crippen LogP contribution in [0.1, 0.15) is 33.4 Å². The zero-order valence-corrected chi connectivity index (χ0v) is 14.6. The van der Waals surface area contributed by atoms with E-state index < -0.39 is 24.0 Å². The van der Waals surface area contributed by atoms with E-state index >= 15 is 0 Å². The minimum Gasteiger partial charge on any atom is -0.398 e. The third kappa shape index (κ3) is 3.14. The van der Waals surface area contributed by atoms with Crippen molar-refractivity contribution in [1.29, 1.82) is 0 Å². The summed E-state index contributed by atoms with van der Waals surface area (Å²) in [5.41, 5.74) is 0.470. The minimum atomic E-state index is -1.01. The Morgan fingerprint density at radius 2 is 1.88 bits per heavy atom. The molecule has 1 aliphatic heterocycles. The van der Waals surface area contributed by atoms with Crippen molar-refractivity contribution in [3.63, 3.8) is 0 Å². The van der Waals surface area contributed by atoms with Crippen LogP contribution >= 0.6 is 0 Å². The molecule has 0 bridgehead atoms. The molecule has 0 amide bonds. The summed E-state index contributed by atoms with van der Waals surface area (Å²) in [6, 6.07) is 5.43. The second-order valence-electron chi connectivity index (χ2n) is 6.97. The third-order valence-corrected chi connectivity index (χ3v) is 4.54. The van der Waals surface area contributed by atoms with E-state index in [9.17, 15) is 4.39 Å². The number of pyridine rings is 1. The van der Waals surface area contributed by atoms with Gasteiger partial charge in [0.2, 0.25) is 0 Å². The lowest BCUT2D eigenvalue weighted by molar-refractivity contribution is 0.00578. The van der Waals surface area contributed by atoms with Gasteiger partial charge in [0.15, 0.2) is 0 Å². The molecule has 24 heavy (non-hydrogen) atoms. The summed E-state index contributed by atoms with van der Waals surface area (Å²) in [7, 11) is 0.824. The topological polar surface area (TPSA) is 49.2 Å². The van der Waals surface area contributed by atoms with Crippen molar-refractivity contribution in [3.05, 3.63) is 42.0 Å². The molecule has 5 nitrogen and oxygen atoms in total. The van der Waals surface area contributed by atoms with Gasteiger partial charge in [0.25, 0.3) is 0 Å². The minimum absolute atomic E-state index is 0.496. The third-order valence-electron chi connectivity index (χ3n) is 4.54. The van der Waals surface area contributed by atoms with Gasteiger partial charge in [0.05, 0.1) is 28.8 Å². The van der Waals surface area contributed by atoms with Gasteiger partial charge in [-0.05, 0) is 45.9 Å². The van der Waals surface area contributed by atoms with Gasteiger partial charge in [0, 0.05) is 18.8 Å². The molecule has 0 radical (unpaired) electrons. The van der Waals surface area contributed by atoms with Gasteiger partial charge in [-0.25, -0.2) is 9.37 Å². The average Bonchev–Trinajstić information content (AvgIpc) is 3.01. The fraction of sp³-hybridized carbons (Fsp3) is 0.412. The smallest absolute Gasteiger partial charge is 0.398 e. The highest BCUT2D eigenvalue weighted by atomic mass is 19.1. The zero-order valence-electron chi connectivity index (χ0n) is 14.6. The lowest BCUT2D eigenvalue weighted by Gasteiger charge is -2.32. The van der Waals surface area contributed by atoms with Crippen LogP contribution in [0.3, 0.4) is 0 Å². The molecule has 0 N–H and O–H groups in total. The van der Waals surface area contributed by atoms with Crippen molar-refractivity contribution in [2.45, 2.75) is 38.9 Å². The van der Waals surface area contributed by atoms with E-state index in [1.807, 2.05) is 53.1 Å². The lowest BCUT2D eigenvalue weighted by Crippen LogP contribution is -2.41. The van der Waals surface area contributed by atoms with E-state index in [-0.39, 0.29) is 0 Å². The number of nitrogens with zero attached hydrogens (tertiary/aromatic N) is 3. The van der Waals surface area contributed by atoms with Gasteiger partial charge in [-0.3, -0.25) is 4.68 Å². The van der Waals surface area contributed by atoms with E-state index in [0.29, 0.717) is 5.69 Å². The summed E-state index contributed by atoms with van der Waals surface area (Å²) in [5, 5.41) is 4.13. The molecule has 0 unspecified atom stereocenters. The average molecular weight is 329 g/mol. The fourth-order valence-corrected chi connectivity index (χ4v) is 2.41. The maximum absolute atomic E-state index is 14.6. The summed E-state index contributed by atoms with van der Waals surface area (Å²) < 4.78 is 27.7. The molecule has 3 rings (SSSR count). The number of aromatic nitrogens is 3. The Morgan fingerprint density at radius 3 is 2.46 bits per heavy atom. The Kier molecular flexibility index (Phi) is 4.09. The maximum atomic E-state index is 14.6. The standard InChI is InChI=1S/C17H21BFN3O2/c1-16(2)17(3,4)24-18(23-16)15(19)9-13-7-6-8-14(21-13)12-10-20-22(5)11-12/h6-11H,1-5H3. The quantitative estimate of drug-likeness (QED) is 0.810. The van der Waals surface area contributed by atoms with Crippen LogP contribution in [-0.4, -0.2) is 33.1 Å². The van der Waals surface area contributed by atoms with E-state index in [2.05, 4.69) is 10.1 Å². The Bertz CT molecular complexity index is 770. The first-order valence-corrected chi connectivity index (χ1v) is 7.87. The van der Waals surface area contributed by atoms with E-state index in [1.54, 1.807) is 16.9 Å². The molecule has 0 saturated carbocycles. The Balaban J connectivity index is 1.84. The molecule has 1 fully saturated rings. The molecule has 7 heteroatoms. The first-order valence-electron chi connectivity index (χ1n) is 7.87. The molecule has 3 heterocycles. The molecule has 1 aliphatic rings. The van der Waals surface area contributed by atoms with Crippen molar-refractivity contribution in [3.8, 4) is 11.3 Å². The first kappa shape index (κ1) is 16.9. The van der Waals surface area contributed by atoms with Crippen LogP contribution in [0.2, 0.25) is 0 Å². The summed E-state index contributed by atoms with van der Waals surface area (Å²) in [6.07, 6.45) is 4.93. The monoisotopic (exact) mass is 329 g/mol.